The molecule has 0 aromatic heterocycles. The fourth-order valence-corrected chi connectivity index (χ4v) is 3.33. The van der Waals surface area contributed by atoms with E-state index in [2.05, 4.69) is 5.32 Å². The van der Waals surface area contributed by atoms with Crippen molar-refractivity contribution in [2.45, 2.75) is 59.3 Å². The number of phenolic OH excluding ortho intramolecular Hbond substituents is 1. The highest BCUT2D eigenvalue weighted by atomic mass is 16.3. The van der Waals surface area contributed by atoms with Gasteiger partial charge < -0.3 is 20.9 Å². The number of anilines is 1. The fourth-order valence-electron chi connectivity index (χ4n) is 3.33. The molecule has 30 heavy (non-hydrogen) atoms. The Morgan fingerprint density at radius 2 is 1.57 bits per heavy atom. The van der Waals surface area contributed by atoms with Crippen LogP contribution in [0.2, 0.25) is 0 Å². The Labute approximate surface area is 179 Å². The monoisotopic (exact) mass is 408 g/mol. The molecule has 2 aromatic rings. The molecular formula is C25H32N2O3. The van der Waals surface area contributed by atoms with E-state index in [1.807, 2.05) is 66.7 Å². The summed E-state index contributed by atoms with van der Waals surface area (Å²) in [5.74, 6) is -0.776. The molecule has 4 N–H and O–H groups in total. The van der Waals surface area contributed by atoms with Crippen molar-refractivity contribution in [2.24, 2.45) is 0 Å². The minimum absolute atomic E-state index is 0.0920. The minimum atomic E-state index is -0.612. The number of carbonyl (C=O) groups is 1. The second-order valence-corrected chi connectivity index (χ2v) is 9.59. The highest BCUT2D eigenvalue weighted by Gasteiger charge is 2.27. The van der Waals surface area contributed by atoms with Gasteiger partial charge in [-0.1, -0.05) is 65.8 Å². The second-order valence-electron chi connectivity index (χ2n) is 9.59. The number of hydrogen-bond acceptors (Lipinski definition) is 4. The van der Waals surface area contributed by atoms with Gasteiger partial charge in [-0.3, -0.25) is 4.79 Å². The quantitative estimate of drug-likeness (QED) is 0.290. The number of carbonyl (C=O) groups excluding carboxylic acids is 1. The predicted molar refractivity (Wildman–Crippen MR) is 124 cm³/mol. The van der Waals surface area contributed by atoms with Crippen molar-refractivity contribution < 1.29 is 15.0 Å². The highest BCUT2D eigenvalue weighted by molar-refractivity contribution is 6.21. The number of aliphatic hydroxyl groups is 1. The fraction of sp³-hybridized carbons (Fsp3) is 0.360. The lowest BCUT2D eigenvalue weighted by molar-refractivity contribution is -0.112. The van der Waals surface area contributed by atoms with Crippen molar-refractivity contribution >= 4 is 23.6 Å². The Kier molecular flexibility index (Phi) is 6.45. The maximum atomic E-state index is 13.0. The van der Waals surface area contributed by atoms with Crippen LogP contribution in [0.1, 0.15) is 63.8 Å². The average Bonchev–Trinajstić information content (AvgIpc) is 2.60. The smallest absolute Gasteiger partial charge is 0.261 e. The maximum Gasteiger partial charge on any atom is 0.261 e. The summed E-state index contributed by atoms with van der Waals surface area (Å²) in [6, 6.07) is 10.6. The molecule has 0 radical (unpaired) electrons. The Bertz CT molecular complexity index is 1010. The number of aryl methyl sites for hydroxylation is 1. The molecule has 2 rings (SSSR count). The standard InChI is InChI=1S/C25H32N2O3/c1-15-10-8-9-11-16(15)22(29)17(14-26)23(30)27-20-13-21(28)19(25(5,6)7)12-18(20)24(2,3)4/h8-14,26,28-29H,1-7H3,(H,27,30). The van der Waals surface area contributed by atoms with Crippen LogP contribution in [0.5, 0.6) is 5.75 Å². The van der Waals surface area contributed by atoms with Crippen LogP contribution in [0, 0.1) is 12.3 Å². The third kappa shape index (κ3) is 4.90. The lowest BCUT2D eigenvalue weighted by atomic mass is 9.79. The molecule has 160 valence electrons. The Morgan fingerprint density at radius 1 is 1.00 bits per heavy atom. The summed E-state index contributed by atoms with van der Waals surface area (Å²) in [4.78, 5) is 13.0. The van der Waals surface area contributed by atoms with E-state index in [0.29, 0.717) is 11.3 Å². The van der Waals surface area contributed by atoms with Gasteiger partial charge in [0.25, 0.3) is 5.91 Å². The van der Waals surface area contributed by atoms with Gasteiger partial charge in [0.1, 0.15) is 11.5 Å². The van der Waals surface area contributed by atoms with Crippen LogP contribution in [0.3, 0.4) is 0 Å². The van der Waals surface area contributed by atoms with E-state index in [0.717, 1.165) is 22.9 Å². The van der Waals surface area contributed by atoms with Crippen molar-refractivity contribution in [1.82, 2.24) is 0 Å². The van der Waals surface area contributed by atoms with Crippen LogP contribution in [0.4, 0.5) is 5.69 Å². The normalized spacial score (nSPS) is 12.9. The first-order valence-electron chi connectivity index (χ1n) is 9.96. The zero-order valence-electron chi connectivity index (χ0n) is 18.8. The number of amides is 1. The summed E-state index contributed by atoms with van der Waals surface area (Å²) in [6.45, 7) is 14.0. The first kappa shape index (κ1) is 23.2. The third-order valence-corrected chi connectivity index (χ3v) is 5.04. The summed E-state index contributed by atoms with van der Waals surface area (Å²) in [5, 5.41) is 31.7. The van der Waals surface area contributed by atoms with E-state index in [1.165, 1.54) is 0 Å². The molecule has 0 fully saturated rings. The van der Waals surface area contributed by atoms with Crippen LogP contribution < -0.4 is 5.32 Å². The summed E-state index contributed by atoms with van der Waals surface area (Å²) in [6.07, 6.45) is 0.844. The SMILES string of the molecule is Cc1ccccc1C(O)=C(C=N)C(=O)Nc1cc(O)c(C(C)(C)C)cc1C(C)(C)C. The van der Waals surface area contributed by atoms with Gasteiger partial charge in [0, 0.05) is 23.5 Å². The van der Waals surface area contributed by atoms with Crippen LogP contribution in [-0.4, -0.2) is 22.3 Å². The van der Waals surface area contributed by atoms with E-state index in [1.54, 1.807) is 18.2 Å². The number of aliphatic hydroxyl groups excluding tert-OH is 1. The van der Waals surface area contributed by atoms with Crippen LogP contribution in [0.25, 0.3) is 5.76 Å². The Morgan fingerprint density at radius 3 is 2.07 bits per heavy atom. The molecule has 1 amide bonds. The summed E-state index contributed by atoms with van der Waals surface area (Å²) in [5.41, 5.74) is 2.67. The Hall–Kier alpha value is -3.08. The van der Waals surface area contributed by atoms with Gasteiger partial charge in [-0.25, -0.2) is 0 Å². The zero-order chi connectivity index (χ0) is 22.9. The van der Waals surface area contributed by atoms with Crippen LogP contribution >= 0.6 is 0 Å². The summed E-state index contributed by atoms with van der Waals surface area (Å²) in [7, 11) is 0. The van der Waals surface area contributed by atoms with Crippen LogP contribution in [-0.2, 0) is 15.6 Å². The minimum Gasteiger partial charge on any atom is -0.508 e. The topological polar surface area (TPSA) is 93.4 Å². The lowest BCUT2D eigenvalue weighted by Gasteiger charge is -2.28. The maximum absolute atomic E-state index is 13.0. The molecule has 2 aromatic carbocycles. The van der Waals surface area contributed by atoms with Crippen LogP contribution in [0.15, 0.2) is 42.0 Å². The largest absolute Gasteiger partial charge is 0.508 e. The van der Waals surface area contributed by atoms with E-state index in [-0.39, 0.29) is 27.9 Å². The van der Waals surface area contributed by atoms with Gasteiger partial charge in [0.05, 0.1) is 5.57 Å². The van der Waals surface area contributed by atoms with Crippen molar-refractivity contribution in [2.75, 3.05) is 5.32 Å². The van der Waals surface area contributed by atoms with Crippen molar-refractivity contribution in [3.8, 4) is 5.75 Å². The van der Waals surface area contributed by atoms with Gasteiger partial charge in [-0.15, -0.1) is 0 Å². The first-order valence-corrected chi connectivity index (χ1v) is 9.96. The summed E-state index contributed by atoms with van der Waals surface area (Å²) < 4.78 is 0. The van der Waals surface area contributed by atoms with E-state index >= 15 is 0 Å². The molecule has 5 nitrogen and oxygen atoms in total. The highest BCUT2D eigenvalue weighted by Crippen LogP contribution is 2.39. The zero-order valence-corrected chi connectivity index (χ0v) is 18.8. The second kappa shape index (κ2) is 8.34. The molecule has 0 bridgehead atoms. The van der Waals surface area contributed by atoms with Gasteiger partial charge in [-0.2, -0.15) is 0 Å². The van der Waals surface area contributed by atoms with Crippen molar-refractivity contribution in [3.05, 3.63) is 64.2 Å². The molecule has 0 unspecified atom stereocenters. The van der Waals surface area contributed by atoms with Gasteiger partial charge in [0.2, 0.25) is 0 Å². The van der Waals surface area contributed by atoms with Crippen molar-refractivity contribution in [3.63, 3.8) is 0 Å². The first-order chi connectivity index (χ1) is 13.8. The third-order valence-electron chi connectivity index (χ3n) is 5.04. The number of nitrogens with one attached hydrogen (secondary N) is 2. The molecule has 0 atom stereocenters. The molecule has 0 aliphatic rings. The number of phenols is 1. The average molecular weight is 409 g/mol. The van der Waals surface area contributed by atoms with Gasteiger partial charge in [-0.05, 0) is 40.5 Å². The van der Waals surface area contributed by atoms with Crippen molar-refractivity contribution in [1.29, 1.82) is 5.41 Å². The molecule has 0 spiro atoms. The van der Waals surface area contributed by atoms with E-state index in [4.69, 9.17) is 5.41 Å². The number of rotatable bonds is 4. The molecule has 0 aliphatic carbocycles. The number of aromatic hydroxyl groups is 1. The number of hydrogen-bond donors (Lipinski definition) is 4. The van der Waals surface area contributed by atoms with E-state index < -0.39 is 5.91 Å². The molecule has 0 aliphatic heterocycles. The van der Waals surface area contributed by atoms with E-state index in [9.17, 15) is 15.0 Å². The molecule has 0 saturated carbocycles. The lowest BCUT2D eigenvalue weighted by Crippen LogP contribution is -2.23. The number of benzene rings is 2. The Balaban J connectivity index is 2.56. The molecule has 0 heterocycles. The molecular weight excluding hydrogens is 376 g/mol. The molecule has 0 saturated heterocycles. The molecule has 5 heteroatoms. The summed E-state index contributed by atoms with van der Waals surface area (Å²) >= 11 is 0. The predicted octanol–water partition coefficient (Wildman–Crippen LogP) is 5.85. The van der Waals surface area contributed by atoms with Gasteiger partial charge >= 0.3 is 0 Å². The van der Waals surface area contributed by atoms with Gasteiger partial charge in [0.15, 0.2) is 0 Å².